The Hall–Kier alpha value is -2.77. The van der Waals surface area contributed by atoms with Crippen molar-refractivity contribution in [1.82, 2.24) is 20.6 Å². The van der Waals surface area contributed by atoms with Gasteiger partial charge in [-0.2, -0.15) is 10.2 Å². The molecule has 2 N–H and O–H groups in total. The van der Waals surface area contributed by atoms with Gasteiger partial charge < -0.3 is 10.1 Å². The molecule has 2 rings (SSSR count). The lowest BCUT2D eigenvalue weighted by molar-refractivity contribution is 0.0602. The number of rotatable bonds is 4. The average Bonchev–Trinajstić information content (AvgIpc) is 2.92. The molecule has 0 fully saturated rings. The number of ether oxygens (including phenoxy) is 1. The van der Waals surface area contributed by atoms with E-state index >= 15 is 0 Å². The number of carbonyl (C=O) groups is 1. The van der Waals surface area contributed by atoms with Gasteiger partial charge in [0.2, 0.25) is 0 Å². The number of esters is 1. The largest absolute Gasteiger partial charge is 0.465 e. The van der Waals surface area contributed by atoms with Crippen molar-refractivity contribution >= 4 is 23.9 Å². The Morgan fingerprint density at radius 1 is 1.50 bits per heavy atom. The van der Waals surface area contributed by atoms with Crippen LogP contribution in [-0.2, 0) is 4.74 Å². The Kier molecular flexibility index (Phi) is 3.59. The summed E-state index contributed by atoms with van der Waals surface area (Å²) in [7, 11) is 1.33. The van der Waals surface area contributed by atoms with E-state index < -0.39 is 5.97 Å². The molecule has 0 spiro atoms. The van der Waals surface area contributed by atoms with Crippen LogP contribution in [0.3, 0.4) is 0 Å². The molecule has 1 aromatic heterocycles. The van der Waals surface area contributed by atoms with Crippen LogP contribution in [0.25, 0.3) is 0 Å². The van der Waals surface area contributed by atoms with Crippen LogP contribution in [0.4, 0.5) is 11.6 Å². The number of H-pyrrole nitrogens is 1. The van der Waals surface area contributed by atoms with Gasteiger partial charge in [0, 0.05) is 0 Å². The van der Waals surface area contributed by atoms with Crippen molar-refractivity contribution in [3.8, 4) is 0 Å². The first-order valence-corrected chi connectivity index (χ1v) is 5.01. The van der Waals surface area contributed by atoms with Crippen LogP contribution < -0.4 is 5.32 Å². The fourth-order valence-corrected chi connectivity index (χ4v) is 1.27. The monoisotopic (exact) mass is 246 g/mol. The Bertz CT molecular complexity index is 551. The van der Waals surface area contributed by atoms with Gasteiger partial charge in [-0.15, -0.1) is 5.10 Å². The normalized spacial score (nSPS) is 10.5. The second kappa shape index (κ2) is 5.53. The van der Waals surface area contributed by atoms with E-state index in [0.717, 1.165) is 0 Å². The molecule has 0 atom stereocenters. The van der Waals surface area contributed by atoms with E-state index in [1.165, 1.54) is 13.4 Å². The second-order valence-electron chi connectivity index (χ2n) is 3.15. The van der Waals surface area contributed by atoms with Crippen LogP contribution in [0.5, 0.6) is 0 Å². The molecule has 18 heavy (non-hydrogen) atoms. The van der Waals surface area contributed by atoms with E-state index in [4.69, 9.17) is 0 Å². The topological polar surface area (TPSA) is 105 Å². The van der Waals surface area contributed by atoms with Crippen molar-refractivity contribution in [2.45, 2.75) is 0 Å². The van der Waals surface area contributed by atoms with Crippen molar-refractivity contribution in [3.63, 3.8) is 0 Å². The highest BCUT2D eigenvalue weighted by Gasteiger charge is 2.09. The third kappa shape index (κ3) is 2.67. The van der Waals surface area contributed by atoms with Crippen molar-refractivity contribution in [2.75, 3.05) is 12.4 Å². The second-order valence-corrected chi connectivity index (χ2v) is 3.15. The molecular weight excluding hydrogens is 236 g/mol. The highest BCUT2D eigenvalue weighted by molar-refractivity contribution is 5.98. The van der Waals surface area contributed by atoms with Gasteiger partial charge in [0.15, 0.2) is 0 Å². The molecule has 8 heteroatoms. The lowest BCUT2D eigenvalue weighted by Crippen LogP contribution is -2.06. The fraction of sp³-hybridized carbons (Fsp3) is 0.100. The standard InChI is InChI=1S/C10H10N6O2/c1-18-9(17)7-4-2-3-5-8(7)11-6-12-10-13-15-16-14-10/h2-6H,1H3,(H2,11,12,13,14,15,16). The van der Waals surface area contributed by atoms with Crippen LogP contribution in [0.15, 0.2) is 29.3 Å². The molecule has 0 amide bonds. The van der Waals surface area contributed by atoms with Gasteiger partial charge in [-0.1, -0.05) is 17.2 Å². The third-order valence-electron chi connectivity index (χ3n) is 2.07. The molecule has 0 aliphatic heterocycles. The maximum Gasteiger partial charge on any atom is 0.339 e. The van der Waals surface area contributed by atoms with E-state index in [0.29, 0.717) is 11.3 Å². The molecule has 2 aromatic rings. The van der Waals surface area contributed by atoms with Crippen LogP contribution >= 0.6 is 0 Å². The summed E-state index contributed by atoms with van der Waals surface area (Å²) in [5.74, 6) is -0.232. The molecule has 0 aliphatic rings. The van der Waals surface area contributed by atoms with Gasteiger partial charge in [0.1, 0.15) is 0 Å². The Morgan fingerprint density at radius 2 is 2.33 bits per heavy atom. The summed E-state index contributed by atoms with van der Waals surface area (Å²) in [6.45, 7) is 0. The number of hydrogen-bond donors (Lipinski definition) is 2. The quantitative estimate of drug-likeness (QED) is 0.468. The number of hydrogen-bond acceptors (Lipinski definition) is 6. The van der Waals surface area contributed by atoms with Crippen LogP contribution in [0.2, 0.25) is 0 Å². The van der Waals surface area contributed by atoms with Crippen molar-refractivity contribution < 1.29 is 9.53 Å². The molecule has 0 aliphatic carbocycles. The molecule has 0 saturated heterocycles. The zero-order valence-corrected chi connectivity index (χ0v) is 9.49. The Balaban J connectivity index is 2.12. The summed E-state index contributed by atoms with van der Waals surface area (Å²) < 4.78 is 4.67. The van der Waals surface area contributed by atoms with E-state index in [9.17, 15) is 4.79 Å². The van der Waals surface area contributed by atoms with Crippen molar-refractivity contribution in [1.29, 1.82) is 0 Å². The lowest BCUT2D eigenvalue weighted by Gasteiger charge is -2.05. The average molecular weight is 246 g/mol. The van der Waals surface area contributed by atoms with Gasteiger partial charge in [0.05, 0.1) is 24.7 Å². The molecule has 0 saturated carbocycles. The first kappa shape index (κ1) is 11.7. The summed E-state index contributed by atoms with van der Waals surface area (Å²) in [6, 6.07) is 6.91. The molecule has 8 nitrogen and oxygen atoms in total. The van der Waals surface area contributed by atoms with Gasteiger partial charge in [-0.3, -0.25) is 0 Å². The molecule has 0 unspecified atom stereocenters. The number of nitrogens with zero attached hydrogens (tertiary/aromatic N) is 4. The van der Waals surface area contributed by atoms with Crippen LogP contribution in [-0.4, -0.2) is 40.0 Å². The SMILES string of the molecule is COC(=O)c1ccccc1N/C=N/c1nn[nH]n1. The highest BCUT2D eigenvalue weighted by atomic mass is 16.5. The Labute approximate surface area is 102 Å². The summed E-state index contributed by atoms with van der Waals surface area (Å²) in [4.78, 5) is 15.4. The summed E-state index contributed by atoms with van der Waals surface area (Å²) in [5, 5.41) is 15.8. The predicted octanol–water partition coefficient (Wildman–Crippen LogP) is 0.758. The summed E-state index contributed by atoms with van der Waals surface area (Å²) in [6.07, 6.45) is 1.37. The number of benzene rings is 1. The number of nitrogens with one attached hydrogen (secondary N) is 2. The van der Waals surface area contributed by atoms with E-state index in [1.807, 2.05) is 0 Å². The van der Waals surface area contributed by atoms with Gasteiger partial charge in [0.25, 0.3) is 5.95 Å². The smallest absolute Gasteiger partial charge is 0.339 e. The predicted molar refractivity (Wildman–Crippen MR) is 63.7 cm³/mol. The molecular formula is C10H10N6O2. The van der Waals surface area contributed by atoms with E-state index in [1.54, 1.807) is 24.3 Å². The highest BCUT2D eigenvalue weighted by Crippen LogP contribution is 2.15. The van der Waals surface area contributed by atoms with Crippen LogP contribution in [0.1, 0.15) is 10.4 Å². The molecule has 0 bridgehead atoms. The summed E-state index contributed by atoms with van der Waals surface area (Å²) in [5.41, 5.74) is 0.996. The number of anilines is 1. The zero-order chi connectivity index (χ0) is 12.8. The molecule has 1 aromatic carbocycles. The van der Waals surface area contributed by atoms with Crippen LogP contribution in [0, 0.1) is 0 Å². The zero-order valence-electron chi connectivity index (χ0n) is 9.49. The van der Waals surface area contributed by atoms with E-state index in [-0.39, 0.29) is 5.95 Å². The lowest BCUT2D eigenvalue weighted by atomic mass is 10.2. The van der Waals surface area contributed by atoms with Gasteiger partial charge in [-0.05, 0) is 17.3 Å². The molecule has 92 valence electrons. The number of aromatic nitrogens is 4. The van der Waals surface area contributed by atoms with Crippen molar-refractivity contribution in [3.05, 3.63) is 29.8 Å². The maximum absolute atomic E-state index is 11.5. The fourth-order valence-electron chi connectivity index (χ4n) is 1.27. The number of aromatic amines is 1. The minimum absolute atomic E-state index is 0.193. The van der Waals surface area contributed by atoms with Crippen molar-refractivity contribution in [2.24, 2.45) is 4.99 Å². The maximum atomic E-state index is 11.5. The molecule has 1 heterocycles. The summed E-state index contributed by atoms with van der Waals surface area (Å²) >= 11 is 0. The first-order chi connectivity index (χ1) is 8.81. The minimum atomic E-state index is -0.425. The minimum Gasteiger partial charge on any atom is -0.465 e. The van der Waals surface area contributed by atoms with Gasteiger partial charge >= 0.3 is 5.97 Å². The number of methoxy groups -OCH3 is 1. The number of para-hydroxylation sites is 1. The number of tetrazole rings is 1. The van der Waals surface area contributed by atoms with Gasteiger partial charge in [-0.25, -0.2) is 4.79 Å². The first-order valence-electron chi connectivity index (χ1n) is 5.01. The molecule has 0 radical (unpaired) electrons. The Morgan fingerprint density at radius 3 is 3.06 bits per heavy atom. The van der Waals surface area contributed by atoms with E-state index in [2.05, 4.69) is 35.7 Å². The number of carbonyl (C=O) groups excluding carboxylic acids is 1. The third-order valence-corrected chi connectivity index (χ3v) is 2.07. The number of aliphatic imine (C=N–C) groups is 1.